The zero-order chi connectivity index (χ0) is 13.5. The number of hydrogen-bond acceptors (Lipinski definition) is 2. The first-order valence-electron chi connectivity index (χ1n) is 6.91. The minimum atomic E-state index is -0.363. The average Bonchev–Trinajstić information content (AvgIpc) is 2.42. The van der Waals surface area contributed by atoms with Crippen LogP contribution in [-0.4, -0.2) is 17.3 Å². The van der Waals surface area contributed by atoms with Gasteiger partial charge in [-0.2, -0.15) is 0 Å². The Labute approximate surface area is 117 Å². The molecule has 1 spiro atoms. The second kappa shape index (κ2) is 4.95. The van der Waals surface area contributed by atoms with Gasteiger partial charge in [0.05, 0.1) is 11.1 Å². The van der Waals surface area contributed by atoms with Crippen LogP contribution in [0.3, 0.4) is 0 Å². The fraction of sp³-hybridized carbons (Fsp3) is 0.600. The quantitative estimate of drug-likeness (QED) is 0.891. The van der Waals surface area contributed by atoms with Crippen LogP contribution in [0.2, 0.25) is 5.02 Å². The third-order valence-electron chi connectivity index (χ3n) is 4.69. The summed E-state index contributed by atoms with van der Waals surface area (Å²) in [4.78, 5) is 0. The van der Waals surface area contributed by atoms with Crippen molar-refractivity contribution in [2.75, 3.05) is 0 Å². The SMILES string of the molecule is OC1CC(Oc2ccc(F)cc2Cl)C12CCCCC2. The van der Waals surface area contributed by atoms with E-state index in [4.69, 9.17) is 16.3 Å². The molecule has 4 heteroatoms. The summed E-state index contributed by atoms with van der Waals surface area (Å²) in [6.45, 7) is 0. The van der Waals surface area contributed by atoms with Gasteiger partial charge in [-0.1, -0.05) is 30.9 Å². The molecule has 2 atom stereocenters. The maximum absolute atomic E-state index is 13.0. The normalized spacial score (nSPS) is 29.0. The molecule has 0 amide bonds. The molecule has 0 aromatic heterocycles. The van der Waals surface area contributed by atoms with E-state index < -0.39 is 0 Å². The van der Waals surface area contributed by atoms with Crippen LogP contribution in [0.4, 0.5) is 4.39 Å². The zero-order valence-corrected chi connectivity index (χ0v) is 11.5. The van der Waals surface area contributed by atoms with Crippen molar-refractivity contribution in [2.45, 2.75) is 50.7 Å². The van der Waals surface area contributed by atoms with Gasteiger partial charge in [0.15, 0.2) is 0 Å². The standard InChI is InChI=1S/C15H18ClFO2/c16-11-8-10(17)4-5-12(11)19-14-9-13(18)15(14)6-2-1-3-7-15/h4-5,8,13-14,18H,1-3,6-7,9H2. The number of rotatable bonds is 2. The number of benzene rings is 1. The van der Waals surface area contributed by atoms with Crippen molar-refractivity contribution in [1.82, 2.24) is 0 Å². The first-order chi connectivity index (χ1) is 9.12. The van der Waals surface area contributed by atoms with Crippen LogP contribution in [0, 0.1) is 11.2 Å². The fourth-order valence-corrected chi connectivity index (χ4v) is 3.69. The van der Waals surface area contributed by atoms with Crippen LogP contribution < -0.4 is 4.74 Å². The van der Waals surface area contributed by atoms with E-state index in [1.54, 1.807) is 6.07 Å². The number of ether oxygens (including phenoxy) is 1. The minimum absolute atomic E-state index is 0.00533. The van der Waals surface area contributed by atoms with Crippen molar-refractivity contribution in [3.8, 4) is 5.75 Å². The zero-order valence-electron chi connectivity index (χ0n) is 10.7. The smallest absolute Gasteiger partial charge is 0.138 e. The van der Waals surface area contributed by atoms with Gasteiger partial charge in [0.1, 0.15) is 17.7 Å². The summed E-state index contributed by atoms with van der Waals surface area (Å²) in [5.41, 5.74) is -0.101. The maximum atomic E-state index is 13.0. The summed E-state index contributed by atoms with van der Waals surface area (Å²) in [6.07, 6.45) is 5.94. The van der Waals surface area contributed by atoms with Gasteiger partial charge < -0.3 is 9.84 Å². The number of aliphatic hydroxyl groups excluding tert-OH is 1. The summed E-state index contributed by atoms with van der Waals surface area (Å²) < 4.78 is 19.0. The van der Waals surface area contributed by atoms with Crippen molar-refractivity contribution >= 4 is 11.6 Å². The Morgan fingerprint density at radius 2 is 2.00 bits per heavy atom. The topological polar surface area (TPSA) is 29.5 Å². The molecule has 3 rings (SSSR count). The van der Waals surface area contributed by atoms with E-state index in [9.17, 15) is 9.50 Å². The predicted octanol–water partition coefficient (Wildman–Crippen LogP) is 3.94. The lowest BCUT2D eigenvalue weighted by atomic mass is 9.56. The number of aliphatic hydroxyl groups is 1. The van der Waals surface area contributed by atoms with Crippen molar-refractivity contribution in [1.29, 1.82) is 0 Å². The molecule has 0 heterocycles. The first-order valence-corrected chi connectivity index (χ1v) is 7.29. The highest BCUT2D eigenvalue weighted by atomic mass is 35.5. The highest BCUT2D eigenvalue weighted by Crippen LogP contribution is 2.53. The van der Waals surface area contributed by atoms with Gasteiger partial charge in [-0.25, -0.2) is 4.39 Å². The molecular formula is C15H18ClFO2. The summed E-state index contributed by atoms with van der Waals surface area (Å²) >= 11 is 5.99. The second-order valence-corrected chi connectivity index (χ2v) is 6.13. The summed E-state index contributed by atoms with van der Waals surface area (Å²) in [6, 6.07) is 4.18. The Kier molecular flexibility index (Phi) is 3.44. The van der Waals surface area contributed by atoms with Gasteiger partial charge >= 0.3 is 0 Å². The lowest BCUT2D eigenvalue weighted by molar-refractivity contribution is -0.172. The summed E-state index contributed by atoms with van der Waals surface area (Å²) in [7, 11) is 0. The van der Waals surface area contributed by atoms with E-state index in [2.05, 4.69) is 0 Å². The fourth-order valence-electron chi connectivity index (χ4n) is 3.48. The predicted molar refractivity (Wildman–Crippen MR) is 72.0 cm³/mol. The average molecular weight is 285 g/mol. The van der Waals surface area contributed by atoms with E-state index in [0.717, 1.165) is 25.7 Å². The number of hydrogen-bond donors (Lipinski definition) is 1. The summed E-state index contributed by atoms with van der Waals surface area (Å²) in [5, 5.41) is 10.4. The molecule has 1 N–H and O–H groups in total. The van der Waals surface area contributed by atoms with Crippen molar-refractivity contribution in [2.24, 2.45) is 5.41 Å². The van der Waals surface area contributed by atoms with Crippen LogP contribution >= 0.6 is 11.6 Å². The Morgan fingerprint density at radius 1 is 1.26 bits per heavy atom. The van der Waals surface area contributed by atoms with Crippen molar-refractivity contribution < 1.29 is 14.2 Å². The van der Waals surface area contributed by atoms with Crippen LogP contribution in [0.25, 0.3) is 0 Å². The van der Waals surface area contributed by atoms with Crippen LogP contribution in [0.1, 0.15) is 38.5 Å². The van der Waals surface area contributed by atoms with E-state index in [-0.39, 0.29) is 23.4 Å². The Hall–Kier alpha value is -0.800. The second-order valence-electron chi connectivity index (χ2n) is 5.73. The molecule has 1 aromatic carbocycles. The molecule has 2 fully saturated rings. The van der Waals surface area contributed by atoms with Gasteiger partial charge in [-0.15, -0.1) is 0 Å². The molecule has 0 radical (unpaired) electrons. The van der Waals surface area contributed by atoms with Gasteiger partial charge in [0, 0.05) is 11.8 Å². The lowest BCUT2D eigenvalue weighted by Gasteiger charge is -2.55. The monoisotopic (exact) mass is 284 g/mol. The highest BCUT2D eigenvalue weighted by Gasteiger charge is 2.56. The highest BCUT2D eigenvalue weighted by molar-refractivity contribution is 6.32. The molecule has 19 heavy (non-hydrogen) atoms. The van der Waals surface area contributed by atoms with Gasteiger partial charge in [-0.05, 0) is 31.0 Å². The van der Waals surface area contributed by atoms with Gasteiger partial charge in [-0.3, -0.25) is 0 Å². The lowest BCUT2D eigenvalue weighted by Crippen LogP contribution is -2.60. The van der Waals surface area contributed by atoms with Gasteiger partial charge in [0.2, 0.25) is 0 Å². The Bertz CT molecular complexity index is 471. The van der Waals surface area contributed by atoms with E-state index in [0.29, 0.717) is 17.2 Å². The third kappa shape index (κ3) is 2.23. The molecule has 2 aliphatic rings. The molecule has 1 aromatic rings. The van der Waals surface area contributed by atoms with Gasteiger partial charge in [0.25, 0.3) is 0 Å². The van der Waals surface area contributed by atoms with Crippen LogP contribution in [0.5, 0.6) is 5.75 Å². The minimum Gasteiger partial charge on any atom is -0.488 e. The Morgan fingerprint density at radius 3 is 2.63 bits per heavy atom. The van der Waals surface area contributed by atoms with Crippen LogP contribution in [-0.2, 0) is 0 Å². The molecule has 0 saturated heterocycles. The summed E-state index contributed by atoms with van der Waals surface area (Å²) in [5.74, 6) is 0.156. The molecule has 0 bridgehead atoms. The largest absolute Gasteiger partial charge is 0.488 e. The molecule has 2 aliphatic carbocycles. The van der Waals surface area contributed by atoms with Crippen molar-refractivity contribution in [3.63, 3.8) is 0 Å². The molecule has 104 valence electrons. The van der Waals surface area contributed by atoms with E-state index in [1.807, 2.05) is 0 Å². The van der Waals surface area contributed by atoms with E-state index >= 15 is 0 Å². The van der Waals surface area contributed by atoms with E-state index in [1.165, 1.54) is 18.6 Å². The van der Waals surface area contributed by atoms with Crippen molar-refractivity contribution in [3.05, 3.63) is 29.0 Å². The van der Waals surface area contributed by atoms with Crippen LogP contribution in [0.15, 0.2) is 18.2 Å². The maximum Gasteiger partial charge on any atom is 0.138 e. The molecule has 2 unspecified atom stereocenters. The molecular weight excluding hydrogens is 267 g/mol. The number of halogens is 2. The Balaban J connectivity index is 1.76. The first kappa shape index (κ1) is 13.2. The molecule has 2 saturated carbocycles. The molecule has 0 aliphatic heterocycles. The molecule has 2 nitrogen and oxygen atoms in total. The third-order valence-corrected chi connectivity index (χ3v) is 4.99.